The van der Waals surface area contributed by atoms with Crippen molar-refractivity contribution in [2.45, 2.75) is 13.8 Å². The van der Waals surface area contributed by atoms with Gasteiger partial charge in [-0.1, -0.05) is 0 Å². The Morgan fingerprint density at radius 1 is 1.56 bits per heavy atom. The minimum absolute atomic E-state index is 0.0869. The average Bonchev–Trinajstić information content (AvgIpc) is 2.36. The molecule has 0 fully saturated rings. The molecular weight excluding hydrogens is 235 g/mol. The van der Waals surface area contributed by atoms with Crippen molar-refractivity contribution in [1.29, 1.82) is 5.26 Å². The van der Waals surface area contributed by atoms with Gasteiger partial charge in [-0.25, -0.2) is 4.39 Å². The number of amides is 1. The van der Waals surface area contributed by atoms with Crippen molar-refractivity contribution in [3.05, 3.63) is 29.6 Å². The first kappa shape index (κ1) is 14.0. The van der Waals surface area contributed by atoms with Gasteiger partial charge in [0.15, 0.2) is 11.6 Å². The topological polar surface area (TPSA) is 62.1 Å². The standard InChI is InChI=1S/C13H15FN2O2/c1-13(2,7-15)8-16-12(17)9-4-5-11(18-3)10(14)6-9/h4-6H,8H2,1-3H3,(H,16,17). The summed E-state index contributed by atoms with van der Waals surface area (Å²) in [5.74, 6) is -0.923. The normalized spacial score (nSPS) is 10.6. The van der Waals surface area contributed by atoms with Gasteiger partial charge in [-0.15, -0.1) is 0 Å². The second-order valence-electron chi connectivity index (χ2n) is 4.53. The van der Waals surface area contributed by atoms with E-state index in [4.69, 9.17) is 10.00 Å². The van der Waals surface area contributed by atoms with E-state index in [9.17, 15) is 9.18 Å². The molecule has 1 aromatic rings. The van der Waals surface area contributed by atoms with Gasteiger partial charge in [0.2, 0.25) is 0 Å². The number of benzene rings is 1. The first-order valence-corrected chi connectivity index (χ1v) is 5.42. The number of nitrogens with one attached hydrogen (secondary N) is 1. The van der Waals surface area contributed by atoms with Crippen molar-refractivity contribution < 1.29 is 13.9 Å². The molecule has 5 heteroatoms. The van der Waals surface area contributed by atoms with E-state index in [1.165, 1.54) is 19.2 Å². The maximum absolute atomic E-state index is 13.4. The second kappa shape index (κ2) is 5.50. The van der Waals surface area contributed by atoms with Gasteiger partial charge >= 0.3 is 0 Å². The molecule has 1 rings (SSSR count). The molecule has 0 radical (unpaired) electrons. The highest BCUT2D eigenvalue weighted by atomic mass is 19.1. The van der Waals surface area contributed by atoms with Crippen LogP contribution >= 0.6 is 0 Å². The molecule has 0 saturated heterocycles. The number of ether oxygens (including phenoxy) is 1. The lowest BCUT2D eigenvalue weighted by atomic mass is 9.96. The zero-order valence-corrected chi connectivity index (χ0v) is 10.6. The molecule has 0 heterocycles. The van der Waals surface area contributed by atoms with Gasteiger partial charge in [0, 0.05) is 12.1 Å². The Balaban J connectivity index is 2.74. The fourth-order valence-corrected chi connectivity index (χ4v) is 1.25. The second-order valence-corrected chi connectivity index (χ2v) is 4.53. The summed E-state index contributed by atoms with van der Waals surface area (Å²) in [6.07, 6.45) is 0. The van der Waals surface area contributed by atoms with E-state index in [0.717, 1.165) is 6.07 Å². The van der Waals surface area contributed by atoms with Crippen LogP contribution in [0.3, 0.4) is 0 Å². The molecule has 0 spiro atoms. The highest BCUT2D eigenvalue weighted by molar-refractivity contribution is 5.94. The molecule has 0 aromatic heterocycles. The molecular formula is C13H15FN2O2. The number of methoxy groups -OCH3 is 1. The van der Waals surface area contributed by atoms with Crippen LogP contribution in [0.1, 0.15) is 24.2 Å². The van der Waals surface area contributed by atoms with Crippen LogP contribution in [0.25, 0.3) is 0 Å². The fourth-order valence-electron chi connectivity index (χ4n) is 1.25. The number of carbonyl (C=O) groups excluding carboxylic acids is 1. The summed E-state index contributed by atoms with van der Waals surface area (Å²) >= 11 is 0. The van der Waals surface area contributed by atoms with E-state index in [-0.39, 0.29) is 17.9 Å². The smallest absolute Gasteiger partial charge is 0.251 e. The van der Waals surface area contributed by atoms with Gasteiger partial charge in [0.05, 0.1) is 18.6 Å². The molecule has 1 aromatic carbocycles. The van der Waals surface area contributed by atoms with Crippen molar-refractivity contribution in [3.8, 4) is 11.8 Å². The third-order valence-corrected chi connectivity index (χ3v) is 2.41. The first-order chi connectivity index (χ1) is 8.39. The van der Waals surface area contributed by atoms with Crippen LogP contribution in [0.5, 0.6) is 5.75 Å². The molecule has 0 aliphatic rings. The zero-order chi connectivity index (χ0) is 13.8. The number of carbonyl (C=O) groups is 1. The predicted octanol–water partition coefficient (Wildman–Crippen LogP) is 2.11. The molecule has 0 atom stereocenters. The van der Waals surface area contributed by atoms with Gasteiger partial charge in [0.1, 0.15) is 0 Å². The van der Waals surface area contributed by atoms with Crippen LogP contribution in [0.4, 0.5) is 4.39 Å². The number of hydrogen-bond acceptors (Lipinski definition) is 3. The van der Waals surface area contributed by atoms with Gasteiger partial charge < -0.3 is 10.1 Å². The van der Waals surface area contributed by atoms with Crippen molar-refractivity contribution in [2.24, 2.45) is 5.41 Å². The molecule has 18 heavy (non-hydrogen) atoms. The quantitative estimate of drug-likeness (QED) is 0.890. The van der Waals surface area contributed by atoms with Gasteiger partial charge in [-0.2, -0.15) is 5.26 Å². The van der Waals surface area contributed by atoms with Crippen molar-refractivity contribution >= 4 is 5.91 Å². The third kappa shape index (κ3) is 3.45. The van der Waals surface area contributed by atoms with Gasteiger partial charge in [-0.3, -0.25) is 4.79 Å². The minimum atomic E-state index is -0.652. The fraction of sp³-hybridized carbons (Fsp3) is 0.385. The first-order valence-electron chi connectivity index (χ1n) is 5.42. The molecule has 4 nitrogen and oxygen atoms in total. The SMILES string of the molecule is COc1ccc(C(=O)NCC(C)(C)C#N)cc1F. The maximum Gasteiger partial charge on any atom is 0.251 e. The van der Waals surface area contributed by atoms with Crippen LogP contribution in [0, 0.1) is 22.6 Å². The number of nitriles is 1. The van der Waals surface area contributed by atoms with Crippen LogP contribution < -0.4 is 10.1 Å². The lowest BCUT2D eigenvalue weighted by Gasteiger charge is -2.15. The van der Waals surface area contributed by atoms with Crippen LogP contribution in [-0.2, 0) is 0 Å². The Morgan fingerprint density at radius 2 is 2.22 bits per heavy atom. The van der Waals surface area contributed by atoms with Gasteiger partial charge in [-0.05, 0) is 32.0 Å². The highest BCUT2D eigenvalue weighted by Crippen LogP contribution is 2.18. The molecule has 1 N–H and O–H groups in total. The van der Waals surface area contributed by atoms with Crippen LogP contribution in [0.15, 0.2) is 18.2 Å². The lowest BCUT2D eigenvalue weighted by molar-refractivity contribution is 0.0943. The Morgan fingerprint density at radius 3 is 2.72 bits per heavy atom. The van der Waals surface area contributed by atoms with Crippen LogP contribution in [0.2, 0.25) is 0 Å². The van der Waals surface area contributed by atoms with Crippen molar-refractivity contribution in [3.63, 3.8) is 0 Å². The molecule has 0 aliphatic heterocycles. The lowest BCUT2D eigenvalue weighted by Crippen LogP contribution is -2.33. The molecule has 96 valence electrons. The summed E-state index contributed by atoms with van der Waals surface area (Å²) in [5.41, 5.74) is -0.456. The molecule has 1 amide bonds. The summed E-state index contributed by atoms with van der Waals surface area (Å²) < 4.78 is 18.2. The summed E-state index contributed by atoms with van der Waals surface area (Å²) in [4.78, 5) is 11.7. The van der Waals surface area contributed by atoms with E-state index in [0.29, 0.717) is 0 Å². The molecule has 0 saturated carbocycles. The Hall–Kier alpha value is -2.09. The largest absolute Gasteiger partial charge is 0.494 e. The predicted molar refractivity (Wildman–Crippen MR) is 64.7 cm³/mol. The van der Waals surface area contributed by atoms with E-state index in [1.54, 1.807) is 13.8 Å². The maximum atomic E-state index is 13.4. The Labute approximate surface area is 105 Å². The van der Waals surface area contributed by atoms with E-state index >= 15 is 0 Å². The summed E-state index contributed by atoms with van der Waals surface area (Å²) in [7, 11) is 1.35. The Bertz CT molecular complexity index is 492. The van der Waals surface area contributed by atoms with E-state index < -0.39 is 17.1 Å². The van der Waals surface area contributed by atoms with Gasteiger partial charge in [0.25, 0.3) is 5.91 Å². The van der Waals surface area contributed by atoms with Crippen molar-refractivity contribution in [2.75, 3.05) is 13.7 Å². The monoisotopic (exact) mass is 250 g/mol. The average molecular weight is 250 g/mol. The van der Waals surface area contributed by atoms with E-state index in [1.807, 2.05) is 0 Å². The highest BCUT2D eigenvalue weighted by Gasteiger charge is 2.18. The van der Waals surface area contributed by atoms with Crippen molar-refractivity contribution in [1.82, 2.24) is 5.32 Å². The molecule has 0 aliphatic carbocycles. The third-order valence-electron chi connectivity index (χ3n) is 2.41. The Kier molecular flexibility index (Phi) is 4.27. The summed E-state index contributed by atoms with van der Waals surface area (Å²) in [5, 5.41) is 11.4. The van der Waals surface area contributed by atoms with E-state index in [2.05, 4.69) is 11.4 Å². The van der Waals surface area contributed by atoms with Crippen LogP contribution in [-0.4, -0.2) is 19.6 Å². The molecule has 0 bridgehead atoms. The number of rotatable bonds is 4. The zero-order valence-electron chi connectivity index (χ0n) is 10.6. The summed E-state index contributed by atoms with van der Waals surface area (Å²) in [6, 6.07) is 6.03. The summed E-state index contributed by atoms with van der Waals surface area (Å²) in [6.45, 7) is 3.62. The number of hydrogen-bond donors (Lipinski definition) is 1. The molecule has 0 unspecified atom stereocenters. The number of halogens is 1. The minimum Gasteiger partial charge on any atom is -0.494 e. The number of nitrogens with zero attached hydrogens (tertiary/aromatic N) is 1.